The van der Waals surface area contributed by atoms with E-state index in [9.17, 15) is 9.59 Å². The molecule has 0 unspecified atom stereocenters. The van der Waals surface area contributed by atoms with Crippen molar-refractivity contribution in [3.8, 4) is 11.3 Å². The average molecular weight is 396 g/mol. The van der Waals surface area contributed by atoms with Crippen molar-refractivity contribution in [3.63, 3.8) is 0 Å². The minimum Gasteiger partial charge on any atom is -0.456 e. The first-order valence-corrected chi connectivity index (χ1v) is 9.51. The molecule has 2 aromatic carbocycles. The number of nitrogens with one attached hydrogen (secondary N) is 1. The highest BCUT2D eigenvalue weighted by atomic mass is 35.5. The zero-order chi connectivity index (χ0) is 18.8. The summed E-state index contributed by atoms with van der Waals surface area (Å²) in [5.74, 6) is 0.279. The molecule has 1 amide bonds. The van der Waals surface area contributed by atoms with Gasteiger partial charge in [-0.15, -0.1) is 11.3 Å². The van der Waals surface area contributed by atoms with Crippen molar-refractivity contribution in [2.75, 3.05) is 5.32 Å². The highest BCUT2D eigenvalue weighted by molar-refractivity contribution is 7.10. The van der Waals surface area contributed by atoms with Gasteiger partial charge in [-0.2, -0.15) is 0 Å². The molecular formula is C21H14ClNO3S. The molecule has 0 aliphatic carbocycles. The SMILES string of the molecule is O=C(Cc1cccs1)Nc1ccc2oc(-c3ccccc3Cl)cc(=O)c2c1. The van der Waals surface area contributed by atoms with Crippen LogP contribution >= 0.6 is 22.9 Å². The van der Waals surface area contributed by atoms with Crippen molar-refractivity contribution >= 4 is 45.5 Å². The fourth-order valence-electron chi connectivity index (χ4n) is 2.80. The second-order valence-electron chi connectivity index (χ2n) is 5.97. The van der Waals surface area contributed by atoms with E-state index in [0.717, 1.165) is 4.88 Å². The van der Waals surface area contributed by atoms with E-state index >= 15 is 0 Å². The lowest BCUT2D eigenvalue weighted by atomic mass is 10.1. The first-order valence-electron chi connectivity index (χ1n) is 8.25. The Hall–Kier alpha value is -2.89. The molecule has 27 heavy (non-hydrogen) atoms. The van der Waals surface area contributed by atoms with Crippen molar-refractivity contribution in [2.24, 2.45) is 0 Å². The minimum atomic E-state index is -0.194. The van der Waals surface area contributed by atoms with Crippen LogP contribution in [0.1, 0.15) is 4.88 Å². The molecule has 2 heterocycles. The quantitative estimate of drug-likeness (QED) is 0.506. The number of amides is 1. The van der Waals surface area contributed by atoms with Crippen molar-refractivity contribution in [2.45, 2.75) is 6.42 Å². The number of rotatable bonds is 4. The van der Waals surface area contributed by atoms with E-state index in [1.165, 1.54) is 17.4 Å². The van der Waals surface area contributed by atoms with Crippen LogP contribution in [0.5, 0.6) is 0 Å². The summed E-state index contributed by atoms with van der Waals surface area (Å²) in [6.07, 6.45) is 0.301. The van der Waals surface area contributed by atoms with E-state index in [0.29, 0.717) is 39.4 Å². The Kier molecular flexibility index (Phi) is 4.79. The third-order valence-corrected chi connectivity index (χ3v) is 5.27. The standard InChI is InChI=1S/C21H14ClNO3S/c22-17-6-2-1-5-15(17)20-12-18(24)16-10-13(7-8-19(16)26-20)23-21(25)11-14-4-3-9-27-14/h1-10,12H,11H2,(H,23,25). The number of hydrogen-bond donors (Lipinski definition) is 1. The maximum Gasteiger partial charge on any atom is 0.229 e. The third kappa shape index (κ3) is 3.79. The maximum absolute atomic E-state index is 12.6. The van der Waals surface area contributed by atoms with Gasteiger partial charge < -0.3 is 9.73 Å². The molecule has 4 rings (SSSR count). The topological polar surface area (TPSA) is 59.3 Å². The molecule has 134 valence electrons. The molecule has 0 aliphatic heterocycles. The van der Waals surface area contributed by atoms with E-state index in [2.05, 4.69) is 5.32 Å². The normalized spacial score (nSPS) is 10.9. The van der Waals surface area contributed by atoms with Crippen LogP contribution in [0.2, 0.25) is 5.02 Å². The summed E-state index contributed by atoms with van der Waals surface area (Å²) in [5, 5.41) is 5.67. The molecule has 0 bridgehead atoms. The molecule has 6 heteroatoms. The van der Waals surface area contributed by atoms with E-state index in [1.54, 1.807) is 30.3 Å². The van der Waals surface area contributed by atoms with Gasteiger partial charge in [0, 0.05) is 22.2 Å². The van der Waals surface area contributed by atoms with Gasteiger partial charge in [0.2, 0.25) is 5.91 Å². The summed E-state index contributed by atoms with van der Waals surface area (Å²) in [4.78, 5) is 25.7. The number of anilines is 1. The first kappa shape index (κ1) is 17.5. The molecule has 0 spiro atoms. The van der Waals surface area contributed by atoms with Crippen molar-refractivity contribution in [1.29, 1.82) is 0 Å². The molecule has 0 saturated carbocycles. The molecular weight excluding hydrogens is 382 g/mol. The first-order chi connectivity index (χ1) is 13.1. The molecule has 2 aromatic heterocycles. The molecule has 0 radical (unpaired) electrons. The number of thiophene rings is 1. The molecule has 0 fully saturated rings. The van der Waals surface area contributed by atoms with Gasteiger partial charge in [-0.05, 0) is 41.8 Å². The summed E-state index contributed by atoms with van der Waals surface area (Å²) in [6, 6.07) is 17.4. The summed E-state index contributed by atoms with van der Waals surface area (Å²) in [5.41, 5.74) is 1.46. The van der Waals surface area contributed by atoms with Crippen LogP contribution in [0.4, 0.5) is 5.69 Å². The van der Waals surface area contributed by atoms with Crippen molar-refractivity contribution in [3.05, 3.63) is 86.2 Å². The lowest BCUT2D eigenvalue weighted by Crippen LogP contribution is -2.14. The van der Waals surface area contributed by atoms with Gasteiger partial charge >= 0.3 is 0 Å². The predicted octanol–water partition coefficient (Wildman–Crippen LogP) is 5.36. The smallest absolute Gasteiger partial charge is 0.229 e. The van der Waals surface area contributed by atoms with E-state index in [4.69, 9.17) is 16.0 Å². The Morgan fingerprint density at radius 2 is 1.93 bits per heavy atom. The summed E-state index contributed by atoms with van der Waals surface area (Å²) >= 11 is 7.73. The van der Waals surface area contributed by atoms with Gasteiger partial charge in [-0.3, -0.25) is 9.59 Å². The maximum atomic E-state index is 12.6. The molecule has 4 aromatic rings. The molecule has 0 saturated heterocycles. The Balaban J connectivity index is 1.64. The van der Waals surface area contributed by atoms with Gasteiger partial charge in [0.05, 0.1) is 16.8 Å². The van der Waals surface area contributed by atoms with Crippen LogP contribution in [-0.4, -0.2) is 5.91 Å². The van der Waals surface area contributed by atoms with Crippen molar-refractivity contribution in [1.82, 2.24) is 0 Å². The van der Waals surface area contributed by atoms with Crippen molar-refractivity contribution < 1.29 is 9.21 Å². The van der Waals surface area contributed by atoms with Crippen LogP contribution in [0.15, 0.2) is 75.3 Å². The summed E-state index contributed by atoms with van der Waals surface area (Å²) in [6.45, 7) is 0. The molecule has 0 atom stereocenters. The number of hydrogen-bond acceptors (Lipinski definition) is 4. The van der Waals surface area contributed by atoms with Crippen LogP contribution in [-0.2, 0) is 11.2 Å². The lowest BCUT2D eigenvalue weighted by molar-refractivity contribution is -0.115. The van der Waals surface area contributed by atoms with Crippen LogP contribution < -0.4 is 10.7 Å². The number of carbonyl (C=O) groups excluding carboxylic acids is 1. The zero-order valence-electron chi connectivity index (χ0n) is 14.1. The van der Waals surface area contributed by atoms with Gasteiger partial charge in [0.1, 0.15) is 11.3 Å². The molecule has 0 aliphatic rings. The Bertz CT molecular complexity index is 1180. The summed E-state index contributed by atoms with van der Waals surface area (Å²) in [7, 11) is 0. The van der Waals surface area contributed by atoms with Crippen LogP contribution in [0, 0.1) is 0 Å². The Morgan fingerprint density at radius 3 is 2.70 bits per heavy atom. The zero-order valence-corrected chi connectivity index (χ0v) is 15.6. The van der Waals surface area contributed by atoms with Gasteiger partial charge in [-0.25, -0.2) is 0 Å². The fraction of sp³-hybridized carbons (Fsp3) is 0.0476. The largest absolute Gasteiger partial charge is 0.456 e. The molecule has 4 nitrogen and oxygen atoms in total. The lowest BCUT2D eigenvalue weighted by Gasteiger charge is -2.08. The number of fused-ring (bicyclic) bond motifs is 1. The number of halogens is 1. The van der Waals surface area contributed by atoms with E-state index in [1.807, 2.05) is 29.6 Å². The number of benzene rings is 2. The predicted molar refractivity (Wildman–Crippen MR) is 110 cm³/mol. The average Bonchev–Trinajstić information content (AvgIpc) is 3.15. The van der Waals surface area contributed by atoms with E-state index in [-0.39, 0.29) is 11.3 Å². The second kappa shape index (κ2) is 7.39. The van der Waals surface area contributed by atoms with Gasteiger partial charge in [0.25, 0.3) is 0 Å². The van der Waals surface area contributed by atoms with Crippen LogP contribution in [0.3, 0.4) is 0 Å². The number of carbonyl (C=O) groups is 1. The van der Waals surface area contributed by atoms with Gasteiger partial charge in [0.15, 0.2) is 5.43 Å². The highest BCUT2D eigenvalue weighted by Crippen LogP contribution is 2.29. The fourth-order valence-corrected chi connectivity index (χ4v) is 3.74. The molecule has 1 N–H and O–H groups in total. The monoisotopic (exact) mass is 395 g/mol. The Morgan fingerprint density at radius 1 is 1.07 bits per heavy atom. The van der Waals surface area contributed by atoms with Gasteiger partial charge in [-0.1, -0.05) is 29.8 Å². The summed E-state index contributed by atoms with van der Waals surface area (Å²) < 4.78 is 5.86. The second-order valence-corrected chi connectivity index (χ2v) is 7.41. The third-order valence-electron chi connectivity index (χ3n) is 4.07. The Labute approximate surface area is 164 Å². The minimum absolute atomic E-state index is 0.131. The highest BCUT2D eigenvalue weighted by Gasteiger charge is 2.11. The van der Waals surface area contributed by atoms with Crippen LogP contribution in [0.25, 0.3) is 22.3 Å². The van der Waals surface area contributed by atoms with E-state index < -0.39 is 0 Å².